The van der Waals surface area contributed by atoms with Crippen molar-refractivity contribution in [3.63, 3.8) is 0 Å². The Hall–Kier alpha value is -0.860. The predicted octanol–water partition coefficient (Wildman–Crippen LogP) is 3.51. The second-order valence-electron chi connectivity index (χ2n) is 6.41. The quantitative estimate of drug-likeness (QED) is 0.850. The summed E-state index contributed by atoms with van der Waals surface area (Å²) < 4.78 is 0. The number of aryl methyl sites for hydroxylation is 1. The molecule has 19 heavy (non-hydrogen) atoms. The van der Waals surface area contributed by atoms with Crippen LogP contribution in [0.3, 0.4) is 0 Å². The first kappa shape index (κ1) is 14.5. The molecule has 1 unspecified atom stereocenters. The molecule has 2 heteroatoms. The van der Waals surface area contributed by atoms with Gasteiger partial charge in [0, 0.05) is 11.5 Å². The van der Waals surface area contributed by atoms with Crippen molar-refractivity contribution in [1.29, 1.82) is 0 Å². The molecule has 0 radical (unpaired) electrons. The lowest BCUT2D eigenvalue weighted by Gasteiger charge is -2.48. The highest BCUT2D eigenvalue weighted by Gasteiger charge is 2.43. The molecule has 2 rings (SSSR count). The third kappa shape index (κ3) is 2.56. The summed E-state index contributed by atoms with van der Waals surface area (Å²) in [4.78, 5) is 0. The van der Waals surface area contributed by atoms with Crippen LogP contribution in [0.2, 0.25) is 0 Å². The van der Waals surface area contributed by atoms with E-state index in [1.165, 1.54) is 36.0 Å². The van der Waals surface area contributed by atoms with E-state index >= 15 is 0 Å². The van der Waals surface area contributed by atoms with Gasteiger partial charge in [0.2, 0.25) is 0 Å². The molecule has 1 atom stereocenters. The van der Waals surface area contributed by atoms with Crippen LogP contribution in [0.4, 0.5) is 0 Å². The second-order valence-corrected chi connectivity index (χ2v) is 6.41. The highest BCUT2D eigenvalue weighted by Crippen LogP contribution is 2.50. The van der Waals surface area contributed by atoms with Crippen LogP contribution in [0.25, 0.3) is 0 Å². The Balaban J connectivity index is 2.40. The molecule has 1 aliphatic rings. The van der Waals surface area contributed by atoms with Gasteiger partial charge in [-0.05, 0) is 56.0 Å². The zero-order valence-corrected chi connectivity index (χ0v) is 12.8. The van der Waals surface area contributed by atoms with E-state index in [9.17, 15) is 0 Å². The van der Waals surface area contributed by atoms with Gasteiger partial charge in [0.1, 0.15) is 0 Å². The topological polar surface area (TPSA) is 38.0 Å². The van der Waals surface area contributed by atoms with Gasteiger partial charge < -0.3 is 11.1 Å². The van der Waals surface area contributed by atoms with Gasteiger partial charge in [-0.2, -0.15) is 0 Å². The Morgan fingerprint density at radius 3 is 2.42 bits per heavy atom. The molecule has 0 heterocycles. The van der Waals surface area contributed by atoms with Crippen LogP contribution in [0, 0.1) is 12.3 Å². The summed E-state index contributed by atoms with van der Waals surface area (Å²) in [6, 6.07) is 7.30. The van der Waals surface area contributed by atoms with Gasteiger partial charge in [-0.3, -0.25) is 0 Å². The van der Waals surface area contributed by atoms with E-state index in [-0.39, 0.29) is 5.41 Å². The maximum absolute atomic E-state index is 6.09. The first-order valence-electron chi connectivity index (χ1n) is 7.52. The average Bonchev–Trinajstić information content (AvgIpc) is 2.34. The molecule has 0 amide bonds. The Morgan fingerprint density at radius 1 is 1.32 bits per heavy atom. The van der Waals surface area contributed by atoms with Gasteiger partial charge >= 0.3 is 0 Å². The minimum absolute atomic E-state index is 0.273. The summed E-state index contributed by atoms with van der Waals surface area (Å²) in [5, 5.41) is 3.54. The van der Waals surface area contributed by atoms with Gasteiger partial charge in [-0.25, -0.2) is 0 Å². The molecular weight excluding hydrogens is 232 g/mol. The molecule has 2 nitrogen and oxygen atoms in total. The van der Waals surface area contributed by atoms with E-state index < -0.39 is 0 Å². The van der Waals surface area contributed by atoms with Crippen LogP contribution >= 0.6 is 0 Å². The third-order valence-electron chi connectivity index (χ3n) is 4.94. The molecular formula is C17H28N2. The molecule has 106 valence electrons. The summed E-state index contributed by atoms with van der Waals surface area (Å²) in [6.07, 6.45) is 3.82. The molecule has 3 N–H and O–H groups in total. The summed E-state index contributed by atoms with van der Waals surface area (Å²) in [5.41, 5.74) is 10.6. The van der Waals surface area contributed by atoms with Crippen LogP contribution in [0.15, 0.2) is 18.2 Å². The fourth-order valence-electron chi connectivity index (χ4n) is 3.36. The van der Waals surface area contributed by atoms with Crippen molar-refractivity contribution in [3.05, 3.63) is 34.9 Å². The Labute approximate surface area is 117 Å². The van der Waals surface area contributed by atoms with Gasteiger partial charge in [-0.1, -0.05) is 38.5 Å². The molecule has 1 aromatic carbocycles. The first-order chi connectivity index (χ1) is 9.04. The van der Waals surface area contributed by atoms with Crippen LogP contribution in [-0.2, 0) is 0 Å². The SMILES string of the molecule is CNC(c1cc(C(C)C)ccc1C)C1(CN)CCC1. The summed E-state index contributed by atoms with van der Waals surface area (Å²) in [5.74, 6) is 0.576. The zero-order valence-electron chi connectivity index (χ0n) is 12.8. The number of hydrogen-bond acceptors (Lipinski definition) is 2. The van der Waals surface area contributed by atoms with E-state index in [0.29, 0.717) is 12.0 Å². The molecule has 1 aliphatic carbocycles. The van der Waals surface area contributed by atoms with Gasteiger partial charge in [0.05, 0.1) is 0 Å². The van der Waals surface area contributed by atoms with Crippen LogP contribution in [-0.4, -0.2) is 13.6 Å². The minimum Gasteiger partial charge on any atom is -0.330 e. The molecule has 1 saturated carbocycles. The molecule has 0 aliphatic heterocycles. The number of rotatable bonds is 5. The summed E-state index contributed by atoms with van der Waals surface area (Å²) in [7, 11) is 2.07. The zero-order chi connectivity index (χ0) is 14.0. The summed E-state index contributed by atoms with van der Waals surface area (Å²) in [6.45, 7) is 7.51. The van der Waals surface area contributed by atoms with Crippen LogP contribution in [0.5, 0.6) is 0 Å². The molecule has 0 aromatic heterocycles. The van der Waals surface area contributed by atoms with Gasteiger partial charge in [-0.15, -0.1) is 0 Å². The predicted molar refractivity (Wildman–Crippen MR) is 82.4 cm³/mol. The average molecular weight is 260 g/mol. The van der Waals surface area contributed by atoms with Crippen molar-refractivity contribution in [2.75, 3.05) is 13.6 Å². The van der Waals surface area contributed by atoms with Crippen molar-refractivity contribution >= 4 is 0 Å². The van der Waals surface area contributed by atoms with E-state index in [0.717, 1.165) is 6.54 Å². The normalized spacial score (nSPS) is 19.3. The van der Waals surface area contributed by atoms with Crippen LogP contribution < -0.4 is 11.1 Å². The summed E-state index contributed by atoms with van der Waals surface area (Å²) >= 11 is 0. The van der Waals surface area contributed by atoms with Crippen molar-refractivity contribution in [1.82, 2.24) is 5.32 Å². The highest BCUT2D eigenvalue weighted by atomic mass is 14.9. The number of nitrogens with two attached hydrogens (primary N) is 1. The first-order valence-corrected chi connectivity index (χ1v) is 7.52. The van der Waals surface area contributed by atoms with Crippen LogP contribution in [0.1, 0.15) is 61.8 Å². The molecule has 0 spiro atoms. The monoisotopic (exact) mass is 260 g/mol. The van der Waals surface area contributed by atoms with Crippen molar-refractivity contribution < 1.29 is 0 Å². The lowest BCUT2D eigenvalue weighted by atomic mass is 9.62. The highest BCUT2D eigenvalue weighted by molar-refractivity contribution is 5.36. The maximum Gasteiger partial charge on any atom is 0.0389 e. The van der Waals surface area contributed by atoms with E-state index in [2.05, 4.69) is 51.3 Å². The largest absolute Gasteiger partial charge is 0.330 e. The van der Waals surface area contributed by atoms with E-state index in [1.807, 2.05) is 0 Å². The fraction of sp³-hybridized carbons (Fsp3) is 0.647. The second kappa shape index (κ2) is 5.64. The standard InChI is InChI=1S/C17H28N2/c1-12(2)14-7-6-13(3)15(10-14)16(19-4)17(11-18)8-5-9-17/h6-7,10,12,16,19H,5,8-9,11,18H2,1-4H3. The smallest absolute Gasteiger partial charge is 0.0389 e. The Kier molecular flexibility index (Phi) is 4.32. The molecule has 1 aromatic rings. The molecule has 0 bridgehead atoms. The van der Waals surface area contributed by atoms with E-state index in [4.69, 9.17) is 5.73 Å². The maximum atomic E-state index is 6.09. The van der Waals surface area contributed by atoms with Crippen molar-refractivity contribution in [2.45, 2.75) is 52.0 Å². The van der Waals surface area contributed by atoms with Gasteiger partial charge in [0.15, 0.2) is 0 Å². The lowest BCUT2D eigenvalue weighted by Crippen LogP contribution is -2.47. The molecule has 0 saturated heterocycles. The van der Waals surface area contributed by atoms with E-state index in [1.54, 1.807) is 0 Å². The van der Waals surface area contributed by atoms with Gasteiger partial charge in [0.25, 0.3) is 0 Å². The number of benzene rings is 1. The van der Waals surface area contributed by atoms with Crippen molar-refractivity contribution in [3.8, 4) is 0 Å². The third-order valence-corrected chi connectivity index (χ3v) is 4.94. The Morgan fingerprint density at radius 2 is 2.00 bits per heavy atom. The Bertz CT molecular complexity index is 427. The fourth-order valence-corrected chi connectivity index (χ4v) is 3.36. The number of nitrogens with one attached hydrogen (secondary N) is 1. The lowest BCUT2D eigenvalue weighted by molar-refractivity contribution is 0.0876. The minimum atomic E-state index is 0.273. The van der Waals surface area contributed by atoms with Crippen molar-refractivity contribution in [2.24, 2.45) is 11.1 Å². The molecule has 1 fully saturated rings. The number of hydrogen-bond donors (Lipinski definition) is 2.